The average molecular weight is 290 g/mol. The van der Waals surface area contributed by atoms with E-state index in [0.717, 1.165) is 25.5 Å². The first-order valence-corrected chi connectivity index (χ1v) is 6.85. The first-order chi connectivity index (χ1) is 10.1. The summed E-state index contributed by atoms with van der Waals surface area (Å²) in [5.74, 6) is -1.33. The van der Waals surface area contributed by atoms with Crippen molar-refractivity contribution in [2.24, 2.45) is 0 Å². The molecule has 1 fully saturated rings. The maximum absolute atomic E-state index is 12.3. The van der Waals surface area contributed by atoms with Crippen LogP contribution in [0.3, 0.4) is 0 Å². The second-order valence-corrected chi connectivity index (χ2v) is 4.95. The second-order valence-electron chi connectivity index (χ2n) is 4.95. The van der Waals surface area contributed by atoms with E-state index in [2.05, 4.69) is 10.3 Å². The van der Waals surface area contributed by atoms with Crippen LogP contribution in [-0.2, 0) is 9.53 Å². The number of amides is 1. The van der Waals surface area contributed by atoms with Gasteiger partial charge in [0.15, 0.2) is 0 Å². The van der Waals surface area contributed by atoms with Gasteiger partial charge in [0.05, 0.1) is 12.1 Å². The van der Waals surface area contributed by atoms with Gasteiger partial charge in [-0.3, -0.25) is 9.78 Å². The molecule has 6 nitrogen and oxygen atoms in total. The summed E-state index contributed by atoms with van der Waals surface area (Å²) < 4.78 is 5.54. The normalized spacial score (nSPS) is 19.6. The molecule has 1 aliphatic heterocycles. The van der Waals surface area contributed by atoms with Crippen molar-refractivity contribution in [3.05, 3.63) is 35.7 Å². The van der Waals surface area contributed by atoms with Crippen LogP contribution in [0.25, 0.3) is 6.08 Å². The lowest BCUT2D eigenvalue weighted by atomic mass is 10.1. The molecule has 1 aliphatic rings. The number of aromatic nitrogens is 1. The van der Waals surface area contributed by atoms with E-state index in [0.29, 0.717) is 11.1 Å². The topological polar surface area (TPSA) is 88.5 Å². The SMILES string of the molecule is CC(NC(=O)c1ccncc1C=CC(=O)O)C1CCCO1. The number of carbonyl (C=O) groups excluding carboxylic acids is 1. The Hall–Kier alpha value is -2.21. The quantitative estimate of drug-likeness (QED) is 0.802. The Morgan fingerprint density at radius 3 is 3.05 bits per heavy atom. The standard InChI is InChI=1S/C15H18N2O4/c1-10(13-3-2-8-21-13)17-15(20)12-6-7-16-9-11(12)4-5-14(18)19/h4-7,9-10,13H,2-3,8H2,1H3,(H,17,20)(H,18,19). The fourth-order valence-corrected chi connectivity index (χ4v) is 2.28. The molecule has 1 saturated heterocycles. The van der Waals surface area contributed by atoms with Gasteiger partial charge in [-0.15, -0.1) is 0 Å². The Balaban J connectivity index is 2.09. The highest BCUT2D eigenvalue weighted by molar-refractivity contribution is 5.98. The first-order valence-electron chi connectivity index (χ1n) is 6.85. The fraction of sp³-hybridized carbons (Fsp3) is 0.400. The van der Waals surface area contributed by atoms with Crippen molar-refractivity contribution in [2.75, 3.05) is 6.61 Å². The molecule has 2 atom stereocenters. The Morgan fingerprint density at radius 2 is 2.38 bits per heavy atom. The second kappa shape index (κ2) is 6.99. The summed E-state index contributed by atoms with van der Waals surface area (Å²) in [6, 6.07) is 1.48. The molecule has 6 heteroatoms. The zero-order valence-electron chi connectivity index (χ0n) is 11.8. The number of carboxylic acid groups (broad SMARTS) is 1. The molecule has 1 amide bonds. The molecule has 0 saturated carbocycles. The molecule has 21 heavy (non-hydrogen) atoms. The third-order valence-electron chi connectivity index (χ3n) is 3.38. The maximum Gasteiger partial charge on any atom is 0.328 e. The first kappa shape index (κ1) is 15.2. The van der Waals surface area contributed by atoms with Crippen molar-refractivity contribution in [1.82, 2.24) is 10.3 Å². The number of hydrogen-bond donors (Lipinski definition) is 2. The molecule has 2 N–H and O–H groups in total. The molecule has 112 valence electrons. The van der Waals surface area contributed by atoms with Crippen LogP contribution in [0, 0.1) is 0 Å². The van der Waals surface area contributed by atoms with Gasteiger partial charge in [-0.05, 0) is 31.9 Å². The number of ether oxygens (including phenoxy) is 1. The van der Waals surface area contributed by atoms with Crippen LogP contribution in [0.5, 0.6) is 0 Å². The van der Waals surface area contributed by atoms with Gasteiger partial charge in [-0.1, -0.05) is 0 Å². The molecule has 0 bridgehead atoms. The van der Waals surface area contributed by atoms with Crippen LogP contribution in [0.4, 0.5) is 0 Å². The van der Waals surface area contributed by atoms with E-state index in [1.54, 1.807) is 6.07 Å². The minimum absolute atomic E-state index is 0.0359. The zero-order valence-corrected chi connectivity index (χ0v) is 11.8. The van der Waals surface area contributed by atoms with Crippen molar-refractivity contribution in [1.29, 1.82) is 0 Å². The molecule has 2 heterocycles. The summed E-state index contributed by atoms with van der Waals surface area (Å²) in [7, 11) is 0. The smallest absolute Gasteiger partial charge is 0.328 e. The third kappa shape index (κ3) is 4.13. The van der Waals surface area contributed by atoms with Gasteiger partial charge < -0.3 is 15.2 Å². The monoisotopic (exact) mass is 290 g/mol. The summed E-state index contributed by atoms with van der Waals surface area (Å²) in [5.41, 5.74) is 0.865. The molecule has 0 radical (unpaired) electrons. The number of pyridine rings is 1. The van der Waals surface area contributed by atoms with Crippen LogP contribution < -0.4 is 5.32 Å². The van der Waals surface area contributed by atoms with Gasteiger partial charge in [0.25, 0.3) is 5.91 Å². The van der Waals surface area contributed by atoms with Gasteiger partial charge in [0, 0.05) is 36.2 Å². The lowest BCUT2D eigenvalue weighted by molar-refractivity contribution is -0.131. The van der Waals surface area contributed by atoms with Gasteiger partial charge in [0.1, 0.15) is 0 Å². The summed E-state index contributed by atoms with van der Waals surface area (Å²) in [6.07, 6.45) is 7.29. The molecule has 0 aromatic carbocycles. The lowest BCUT2D eigenvalue weighted by Gasteiger charge is -2.20. The molecule has 2 unspecified atom stereocenters. The molecular weight excluding hydrogens is 272 g/mol. The number of nitrogens with zero attached hydrogens (tertiary/aromatic N) is 1. The van der Waals surface area contributed by atoms with Gasteiger partial charge in [-0.25, -0.2) is 4.79 Å². The van der Waals surface area contributed by atoms with E-state index < -0.39 is 5.97 Å². The average Bonchev–Trinajstić information content (AvgIpc) is 2.99. The number of carbonyl (C=O) groups is 2. The number of hydrogen-bond acceptors (Lipinski definition) is 4. The van der Waals surface area contributed by atoms with Crippen LogP contribution in [0.1, 0.15) is 35.7 Å². The highest BCUT2D eigenvalue weighted by Gasteiger charge is 2.24. The molecule has 1 aromatic rings. The fourth-order valence-electron chi connectivity index (χ4n) is 2.28. The Kier molecular flexibility index (Phi) is 5.05. The van der Waals surface area contributed by atoms with Crippen LogP contribution in [0.15, 0.2) is 24.5 Å². The minimum Gasteiger partial charge on any atom is -0.478 e. The Morgan fingerprint density at radius 1 is 1.57 bits per heavy atom. The molecule has 2 rings (SSSR count). The Bertz CT molecular complexity index is 550. The number of nitrogens with one attached hydrogen (secondary N) is 1. The van der Waals surface area contributed by atoms with E-state index >= 15 is 0 Å². The third-order valence-corrected chi connectivity index (χ3v) is 3.38. The number of carboxylic acids is 1. The highest BCUT2D eigenvalue weighted by Crippen LogP contribution is 2.16. The van der Waals surface area contributed by atoms with Crippen molar-refractivity contribution in [2.45, 2.75) is 31.9 Å². The predicted molar refractivity (Wildman–Crippen MR) is 76.8 cm³/mol. The van der Waals surface area contributed by atoms with E-state index in [-0.39, 0.29) is 18.1 Å². The van der Waals surface area contributed by atoms with E-state index in [9.17, 15) is 9.59 Å². The van der Waals surface area contributed by atoms with E-state index in [1.807, 2.05) is 6.92 Å². The number of rotatable bonds is 5. The van der Waals surface area contributed by atoms with Crippen molar-refractivity contribution in [3.8, 4) is 0 Å². The maximum atomic E-state index is 12.3. The summed E-state index contributed by atoms with van der Waals surface area (Å²) in [4.78, 5) is 26.8. The molecular formula is C15H18N2O4. The van der Waals surface area contributed by atoms with Crippen LogP contribution in [0.2, 0.25) is 0 Å². The molecule has 0 aliphatic carbocycles. The zero-order chi connectivity index (χ0) is 15.2. The minimum atomic E-state index is -1.07. The van der Waals surface area contributed by atoms with Crippen molar-refractivity contribution < 1.29 is 19.4 Å². The number of aliphatic carboxylic acids is 1. The largest absolute Gasteiger partial charge is 0.478 e. The van der Waals surface area contributed by atoms with Gasteiger partial charge >= 0.3 is 5.97 Å². The predicted octanol–water partition coefficient (Wildman–Crippen LogP) is 1.48. The van der Waals surface area contributed by atoms with Gasteiger partial charge in [-0.2, -0.15) is 0 Å². The van der Waals surface area contributed by atoms with Crippen molar-refractivity contribution in [3.63, 3.8) is 0 Å². The van der Waals surface area contributed by atoms with E-state index in [4.69, 9.17) is 9.84 Å². The van der Waals surface area contributed by atoms with Gasteiger partial charge in [0.2, 0.25) is 0 Å². The highest BCUT2D eigenvalue weighted by atomic mass is 16.5. The van der Waals surface area contributed by atoms with Crippen molar-refractivity contribution >= 4 is 18.0 Å². The van der Waals surface area contributed by atoms with E-state index in [1.165, 1.54) is 18.5 Å². The van der Waals surface area contributed by atoms with Crippen LogP contribution >= 0.6 is 0 Å². The molecule has 1 aromatic heterocycles. The Labute approximate surface area is 122 Å². The summed E-state index contributed by atoms with van der Waals surface area (Å²) in [6.45, 7) is 2.63. The lowest BCUT2D eigenvalue weighted by Crippen LogP contribution is -2.41. The summed E-state index contributed by atoms with van der Waals surface area (Å²) >= 11 is 0. The summed E-state index contributed by atoms with van der Waals surface area (Å²) in [5, 5.41) is 11.6. The molecule has 0 spiro atoms. The van der Waals surface area contributed by atoms with Crippen LogP contribution in [-0.4, -0.2) is 40.7 Å².